The summed E-state index contributed by atoms with van der Waals surface area (Å²) in [5, 5.41) is 76.6. The van der Waals surface area contributed by atoms with Crippen LogP contribution in [-0.4, -0.2) is 139 Å². The Hall–Kier alpha value is -2.48. The molecule has 0 aromatic carbocycles. The maximum absolute atomic E-state index is 12.6. The number of rotatable bonds is 11. The molecule has 2 fully saturated rings. The molecule has 0 spiro atoms. The van der Waals surface area contributed by atoms with Crippen LogP contribution in [0.25, 0.3) is 0 Å². The average molecular weight is 542 g/mol. The summed E-state index contributed by atoms with van der Waals surface area (Å²) in [5.74, 6) is -8.85. The third kappa shape index (κ3) is 7.30. The average Bonchev–Trinajstić information content (AvgIpc) is 2.81. The van der Waals surface area contributed by atoms with Crippen LogP contribution in [0.4, 0.5) is 0 Å². The molecule has 11 atom stereocenters. The van der Waals surface area contributed by atoms with E-state index in [1.54, 1.807) is 0 Å². The number of carbonyl (C=O) groups is 4. The van der Waals surface area contributed by atoms with E-state index in [-0.39, 0.29) is 0 Å². The molecule has 8 N–H and O–H groups in total. The van der Waals surface area contributed by atoms with Gasteiger partial charge < -0.3 is 64.5 Å². The molecule has 0 amide bonds. The molecule has 0 bridgehead atoms. The Labute approximate surface area is 208 Å². The summed E-state index contributed by atoms with van der Waals surface area (Å²) in [6, 6.07) is 0. The summed E-state index contributed by atoms with van der Waals surface area (Å²) in [6.07, 6.45) is -17.3. The Morgan fingerprint density at radius 2 is 1.11 bits per heavy atom. The lowest BCUT2D eigenvalue weighted by Gasteiger charge is -2.41. The Bertz CT molecular complexity index is 820. The van der Waals surface area contributed by atoms with Gasteiger partial charge in [0.2, 0.25) is 0 Å². The molecule has 0 radical (unpaired) electrons. The van der Waals surface area contributed by atoms with Crippen LogP contribution in [0, 0.1) is 11.8 Å². The van der Waals surface area contributed by atoms with E-state index >= 15 is 0 Å². The van der Waals surface area contributed by atoms with Crippen molar-refractivity contribution >= 4 is 23.9 Å². The van der Waals surface area contributed by atoms with E-state index in [1.807, 2.05) is 0 Å². The number of carboxylic acids is 3. The van der Waals surface area contributed by atoms with Crippen LogP contribution >= 0.6 is 0 Å². The molecule has 0 aromatic rings. The molecule has 2 saturated heterocycles. The second-order valence-electron chi connectivity index (χ2n) is 8.66. The zero-order valence-corrected chi connectivity index (χ0v) is 19.6. The van der Waals surface area contributed by atoms with Gasteiger partial charge in [0.25, 0.3) is 12.2 Å². The first-order chi connectivity index (χ1) is 17.2. The zero-order chi connectivity index (χ0) is 28.2. The number of carbonyl (C=O) groups excluding carboxylic acids is 1. The Morgan fingerprint density at radius 3 is 1.59 bits per heavy atom. The normalized spacial score (nSPS) is 37.1. The van der Waals surface area contributed by atoms with Crippen molar-refractivity contribution in [2.24, 2.45) is 11.8 Å². The number of aliphatic hydroxyl groups excluding tert-OH is 5. The van der Waals surface area contributed by atoms with E-state index in [2.05, 4.69) is 0 Å². The molecule has 2 aliphatic rings. The van der Waals surface area contributed by atoms with Crippen molar-refractivity contribution in [2.75, 3.05) is 13.2 Å². The van der Waals surface area contributed by atoms with Crippen molar-refractivity contribution in [3.05, 3.63) is 0 Å². The molecule has 0 saturated carbocycles. The molecule has 17 nitrogen and oxygen atoms in total. The third-order valence-corrected chi connectivity index (χ3v) is 6.12. The summed E-state index contributed by atoms with van der Waals surface area (Å²) in [5.41, 5.74) is 0. The second kappa shape index (κ2) is 12.9. The second-order valence-corrected chi connectivity index (χ2v) is 8.66. The monoisotopic (exact) mass is 542 g/mol. The van der Waals surface area contributed by atoms with E-state index in [0.29, 0.717) is 0 Å². The van der Waals surface area contributed by atoms with Gasteiger partial charge in [-0.15, -0.1) is 0 Å². The lowest BCUT2D eigenvalue weighted by atomic mass is 9.90. The minimum Gasteiger partial charge on any atom is -0.479 e. The minimum absolute atomic E-state index is 0.634. The van der Waals surface area contributed by atoms with Crippen molar-refractivity contribution in [1.82, 2.24) is 0 Å². The molecule has 2 aliphatic heterocycles. The fourth-order valence-corrected chi connectivity index (χ4v) is 3.78. The molecule has 37 heavy (non-hydrogen) atoms. The number of aliphatic carboxylic acids is 3. The van der Waals surface area contributed by atoms with E-state index < -0.39 is 110 Å². The van der Waals surface area contributed by atoms with E-state index in [1.165, 1.54) is 13.8 Å². The van der Waals surface area contributed by atoms with Crippen LogP contribution in [0.2, 0.25) is 0 Å². The Kier molecular flexibility index (Phi) is 10.7. The molecular formula is C20H30O17. The molecule has 0 aliphatic carbocycles. The Balaban J connectivity index is 2.07. The van der Waals surface area contributed by atoms with Crippen LogP contribution in [-0.2, 0) is 42.9 Å². The van der Waals surface area contributed by atoms with Crippen molar-refractivity contribution in [3.63, 3.8) is 0 Å². The first kappa shape index (κ1) is 30.7. The van der Waals surface area contributed by atoms with Crippen molar-refractivity contribution in [1.29, 1.82) is 0 Å². The maximum Gasteiger partial charge on any atom is 0.347 e. The SMILES string of the molecule is C[C@@H]1C(COC(C(=O)O)C(=O)O[C@@H]2C(O)[C@H](O)OC(COC(C(=O)O)C(=O)O)[C@H]2C)O[C@@H](O)C(O)[C@H]1O. The molecule has 212 valence electrons. The minimum atomic E-state index is -2.28. The van der Waals surface area contributed by atoms with Gasteiger partial charge in [-0.05, 0) is 0 Å². The van der Waals surface area contributed by atoms with Crippen molar-refractivity contribution in [2.45, 2.75) is 75.3 Å². The number of esters is 1. The first-order valence-corrected chi connectivity index (χ1v) is 11.0. The Morgan fingerprint density at radius 1 is 0.676 bits per heavy atom. The molecule has 0 aromatic heterocycles. The van der Waals surface area contributed by atoms with Gasteiger partial charge in [0, 0.05) is 11.8 Å². The summed E-state index contributed by atoms with van der Waals surface area (Å²) in [7, 11) is 0. The highest BCUT2D eigenvalue weighted by Crippen LogP contribution is 2.29. The summed E-state index contributed by atoms with van der Waals surface area (Å²) in [6.45, 7) is 1.39. The number of carboxylic acid groups (broad SMARTS) is 3. The summed E-state index contributed by atoms with van der Waals surface area (Å²) in [4.78, 5) is 46.2. The highest BCUT2D eigenvalue weighted by atomic mass is 16.7. The number of hydrogen-bond acceptors (Lipinski definition) is 14. The van der Waals surface area contributed by atoms with E-state index in [9.17, 15) is 49.8 Å². The van der Waals surface area contributed by atoms with Crippen LogP contribution in [0.15, 0.2) is 0 Å². The predicted molar refractivity (Wildman–Crippen MR) is 110 cm³/mol. The highest BCUT2D eigenvalue weighted by molar-refractivity contribution is 5.97. The number of aliphatic hydroxyl groups is 5. The van der Waals surface area contributed by atoms with Crippen LogP contribution in [0.1, 0.15) is 13.8 Å². The summed E-state index contributed by atoms with van der Waals surface area (Å²) >= 11 is 0. The van der Waals surface area contributed by atoms with Crippen LogP contribution < -0.4 is 0 Å². The standard InChI is InChI=1S/C20H30O17/c1-5-7(35-18(30)10(22)9(5)21)3-34-14(17(28)29)20(32)37-12-6(2)8(36-19(31)11(12)23)4-33-13(15(24)25)16(26)27/h5-14,18-19,21-23,30-31H,3-4H2,1-2H3,(H,24,25)(H,26,27)(H,28,29)/t5-,6-,7?,8?,9+,10?,11?,12+,14?,18-,19-/m1/s1. The lowest BCUT2D eigenvalue weighted by molar-refractivity contribution is -0.282. The fraction of sp³-hybridized carbons (Fsp3) is 0.800. The third-order valence-electron chi connectivity index (χ3n) is 6.12. The first-order valence-electron chi connectivity index (χ1n) is 11.0. The van der Waals surface area contributed by atoms with Gasteiger partial charge in [-0.2, -0.15) is 0 Å². The van der Waals surface area contributed by atoms with Gasteiger partial charge in [0.15, 0.2) is 12.6 Å². The largest absolute Gasteiger partial charge is 0.479 e. The van der Waals surface area contributed by atoms with Crippen LogP contribution in [0.3, 0.4) is 0 Å². The van der Waals surface area contributed by atoms with Crippen molar-refractivity contribution in [3.8, 4) is 0 Å². The maximum atomic E-state index is 12.6. The van der Waals surface area contributed by atoms with Gasteiger partial charge in [0.05, 0.1) is 31.5 Å². The quantitative estimate of drug-likeness (QED) is 0.0905. The molecular weight excluding hydrogens is 512 g/mol. The van der Waals surface area contributed by atoms with Gasteiger partial charge in [-0.1, -0.05) is 13.8 Å². The smallest absolute Gasteiger partial charge is 0.347 e. The molecule has 2 heterocycles. The van der Waals surface area contributed by atoms with Gasteiger partial charge in [-0.25, -0.2) is 19.2 Å². The van der Waals surface area contributed by atoms with Crippen molar-refractivity contribution < 1.29 is 83.7 Å². The zero-order valence-electron chi connectivity index (χ0n) is 19.6. The lowest BCUT2D eigenvalue weighted by Crippen LogP contribution is -2.57. The van der Waals surface area contributed by atoms with Crippen LogP contribution in [0.5, 0.6) is 0 Å². The van der Waals surface area contributed by atoms with Gasteiger partial charge in [-0.3, -0.25) is 0 Å². The summed E-state index contributed by atoms with van der Waals surface area (Å²) < 4.78 is 25.1. The molecule has 5 unspecified atom stereocenters. The molecule has 2 rings (SSSR count). The topological polar surface area (TPSA) is 276 Å². The molecule has 17 heteroatoms. The fourth-order valence-electron chi connectivity index (χ4n) is 3.78. The highest BCUT2D eigenvalue weighted by Gasteiger charge is 2.47. The number of hydrogen-bond donors (Lipinski definition) is 8. The van der Waals surface area contributed by atoms with Gasteiger partial charge >= 0.3 is 23.9 Å². The van der Waals surface area contributed by atoms with Gasteiger partial charge in [0.1, 0.15) is 18.3 Å². The van der Waals surface area contributed by atoms with E-state index in [4.69, 9.17) is 33.9 Å². The van der Waals surface area contributed by atoms with E-state index in [0.717, 1.165) is 0 Å². The number of ether oxygens (including phenoxy) is 5. The predicted octanol–water partition coefficient (Wildman–Crippen LogP) is -4.29.